The first kappa shape index (κ1) is 20.7. The smallest absolute Gasteiger partial charge is 0.387 e. The first-order chi connectivity index (χ1) is 12.7. The van der Waals surface area contributed by atoms with Gasteiger partial charge in [-0.2, -0.15) is 17.2 Å². The lowest BCUT2D eigenvalue weighted by atomic mass is 10.2. The van der Waals surface area contributed by atoms with Crippen LogP contribution in [0.4, 0.5) is 8.78 Å². The molecule has 0 atom stereocenters. The van der Waals surface area contributed by atoms with Gasteiger partial charge < -0.3 is 10.1 Å². The number of amides is 1. The number of ether oxygens (including phenoxy) is 1. The second-order valence-electron chi connectivity index (χ2n) is 5.68. The lowest BCUT2D eigenvalue weighted by molar-refractivity contribution is -0.697. The minimum Gasteiger partial charge on any atom is -0.435 e. The minimum atomic E-state index is -3.99. The number of carbonyl (C=O) groups excluding carboxylic acids is 1. The number of carbonyl (C=O) groups is 1. The van der Waals surface area contributed by atoms with Gasteiger partial charge in [-0.15, -0.1) is 0 Å². The van der Waals surface area contributed by atoms with Gasteiger partial charge in [-0.1, -0.05) is 0 Å². The number of aryl methyl sites for hydroxylation is 1. The average Bonchev–Trinajstić information content (AvgIpc) is 2.59. The molecule has 0 saturated carbocycles. The van der Waals surface area contributed by atoms with Crippen LogP contribution in [0.1, 0.15) is 22.3 Å². The third-order valence-corrected chi connectivity index (χ3v) is 4.34. The molecule has 0 bridgehead atoms. The maximum atomic E-state index is 12.1. The van der Waals surface area contributed by atoms with Crippen LogP contribution in [-0.4, -0.2) is 31.2 Å². The van der Waals surface area contributed by atoms with Crippen LogP contribution in [0, 0.1) is 0 Å². The molecule has 0 spiro atoms. The Balaban J connectivity index is 1.88. The predicted molar refractivity (Wildman–Crippen MR) is 91.9 cm³/mol. The summed E-state index contributed by atoms with van der Waals surface area (Å²) in [5.41, 5.74) is 1.09. The first-order valence-electron chi connectivity index (χ1n) is 7.99. The van der Waals surface area contributed by atoms with Gasteiger partial charge in [0.05, 0.1) is 5.75 Å². The monoisotopic (exact) mass is 401 g/mol. The second kappa shape index (κ2) is 9.38. The highest BCUT2D eigenvalue weighted by Gasteiger charge is 2.10. The van der Waals surface area contributed by atoms with E-state index in [-0.39, 0.29) is 30.4 Å². The van der Waals surface area contributed by atoms with E-state index in [1.54, 1.807) is 29.1 Å². The standard InChI is InChI=1S/C17H18F2N2O5S/c18-17(19)26-15-6-4-14(5-7-15)16(22)20-11-13-3-1-8-21(12-13)9-2-10-27(23,24)25/h1,3-8,12,17H,2,9-11H2,(H-,20,22,23,24,25)/p+1. The van der Waals surface area contributed by atoms with Gasteiger partial charge in [0.25, 0.3) is 16.0 Å². The second-order valence-corrected chi connectivity index (χ2v) is 7.25. The number of alkyl halides is 2. The van der Waals surface area contributed by atoms with E-state index in [9.17, 15) is 22.0 Å². The fourth-order valence-electron chi connectivity index (χ4n) is 2.32. The summed E-state index contributed by atoms with van der Waals surface area (Å²) in [6.45, 7) is -2.30. The van der Waals surface area contributed by atoms with E-state index in [1.165, 1.54) is 24.3 Å². The number of hydrogen-bond donors (Lipinski definition) is 2. The summed E-state index contributed by atoms with van der Waals surface area (Å²) in [6, 6.07) is 8.88. The highest BCUT2D eigenvalue weighted by atomic mass is 32.2. The number of pyridine rings is 1. The van der Waals surface area contributed by atoms with Crippen LogP contribution in [0.3, 0.4) is 0 Å². The molecule has 1 heterocycles. The van der Waals surface area contributed by atoms with E-state index in [4.69, 9.17) is 4.55 Å². The zero-order valence-electron chi connectivity index (χ0n) is 14.2. The van der Waals surface area contributed by atoms with Crippen LogP contribution in [0.25, 0.3) is 0 Å². The van der Waals surface area contributed by atoms with Crippen LogP contribution < -0.4 is 14.6 Å². The Bertz CT molecular complexity index is 873. The molecule has 0 aliphatic heterocycles. The molecule has 1 aromatic carbocycles. The van der Waals surface area contributed by atoms with Crippen LogP contribution in [0.2, 0.25) is 0 Å². The molecule has 0 unspecified atom stereocenters. The number of aromatic nitrogens is 1. The minimum absolute atomic E-state index is 0.0319. The van der Waals surface area contributed by atoms with Crippen LogP contribution >= 0.6 is 0 Å². The lowest BCUT2D eigenvalue weighted by Gasteiger charge is -2.07. The summed E-state index contributed by atoms with van der Waals surface area (Å²) < 4.78 is 60.4. The van der Waals surface area contributed by atoms with Gasteiger partial charge >= 0.3 is 6.61 Å². The van der Waals surface area contributed by atoms with Crippen molar-refractivity contribution in [2.75, 3.05) is 5.75 Å². The Morgan fingerprint density at radius 3 is 2.56 bits per heavy atom. The van der Waals surface area contributed by atoms with E-state index in [2.05, 4.69) is 10.1 Å². The molecule has 2 aromatic rings. The van der Waals surface area contributed by atoms with E-state index in [0.717, 1.165) is 5.56 Å². The van der Waals surface area contributed by atoms with E-state index >= 15 is 0 Å². The topological polar surface area (TPSA) is 96.6 Å². The summed E-state index contributed by atoms with van der Waals surface area (Å²) >= 11 is 0. The Hall–Kier alpha value is -2.59. The molecule has 2 rings (SSSR count). The highest BCUT2D eigenvalue weighted by Crippen LogP contribution is 2.14. The number of halogens is 2. The number of nitrogens with one attached hydrogen (secondary N) is 1. The molecule has 0 fully saturated rings. The number of rotatable bonds is 9. The van der Waals surface area contributed by atoms with Crippen LogP contribution in [-0.2, 0) is 23.2 Å². The van der Waals surface area contributed by atoms with Gasteiger partial charge in [0, 0.05) is 30.2 Å². The maximum absolute atomic E-state index is 12.1. The van der Waals surface area contributed by atoms with Crippen molar-refractivity contribution in [3.63, 3.8) is 0 Å². The SMILES string of the molecule is O=C(NCc1ccc[n+](CCCS(=O)(=O)O)c1)c1ccc(OC(F)F)cc1. The zero-order valence-corrected chi connectivity index (χ0v) is 15.0. The largest absolute Gasteiger partial charge is 0.435 e. The van der Waals surface area contributed by atoms with Gasteiger partial charge in [0.2, 0.25) is 0 Å². The summed E-state index contributed by atoms with van der Waals surface area (Å²) in [4.78, 5) is 12.1. The fraction of sp³-hybridized carbons (Fsp3) is 0.294. The maximum Gasteiger partial charge on any atom is 0.387 e. The molecular formula is C17H19F2N2O5S+. The third kappa shape index (κ3) is 7.67. The quantitative estimate of drug-likeness (QED) is 0.493. The van der Waals surface area contributed by atoms with Crippen molar-refractivity contribution in [2.24, 2.45) is 0 Å². The molecule has 0 aliphatic carbocycles. The molecular weight excluding hydrogens is 382 g/mol. The van der Waals surface area contributed by atoms with Gasteiger partial charge in [0.1, 0.15) is 12.3 Å². The highest BCUT2D eigenvalue weighted by molar-refractivity contribution is 7.85. The van der Waals surface area contributed by atoms with Gasteiger partial charge in [-0.25, -0.2) is 4.57 Å². The number of benzene rings is 1. The fourth-order valence-corrected chi connectivity index (χ4v) is 2.82. The predicted octanol–water partition coefficient (Wildman–Crippen LogP) is 1.78. The third-order valence-electron chi connectivity index (χ3n) is 3.53. The van der Waals surface area contributed by atoms with Crippen LogP contribution in [0.15, 0.2) is 48.8 Å². The molecule has 27 heavy (non-hydrogen) atoms. The molecule has 0 saturated heterocycles. The van der Waals surface area contributed by atoms with Gasteiger partial charge in [-0.05, 0) is 30.3 Å². The summed E-state index contributed by atoms with van der Waals surface area (Å²) in [5, 5.41) is 2.71. The lowest BCUT2D eigenvalue weighted by Crippen LogP contribution is -2.35. The van der Waals surface area contributed by atoms with E-state index in [0.29, 0.717) is 12.1 Å². The van der Waals surface area contributed by atoms with E-state index in [1.807, 2.05) is 0 Å². The number of nitrogens with zero attached hydrogens (tertiary/aromatic N) is 1. The van der Waals surface area contributed by atoms with Crippen molar-refractivity contribution in [3.05, 3.63) is 59.9 Å². The zero-order chi connectivity index (χ0) is 19.9. The Morgan fingerprint density at radius 1 is 1.22 bits per heavy atom. The average molecular weight is 401 g/mol. The summed E-state index contributed by atoms with van der Waals surface area (Å²) in [6.07, 6.45) is 3.76. The molecule has 2 N–H and O–H groups in total. The molecule has 0 radical (unpaired) electrons. The molecule has 146 valence electrons. The van der Waals surface area contributed by atoms with Crippen molar-refractivity contribution in [1.82, 2.24) is 5.32 Å². The van der Waals surface area contributed by atoms with E-state index < -0.39 is 16.7 Å². The molecule has 7 nitrogen and oxygen atoms in total. The Morgan fingerprint density at radius 2 is 1.93 bits per heavy atom. The molecule has 10 heteroatoms. The summed E-state index contributed by atoms with van der Waals surface area (Å²) in [5.74, 6) is -0.734. The van der Waals surface area contributed by atoms with Crippen molar-refractivity contribution in [1.29, 1.82) is 0 Å². The normalized spacial score (nSPS) is 11.4. The van der Waals surface area contributed by atoms with Gasteiger partial charge in [0.15, 0.2) is 12.4 Å². The van der Waals surface area contributed by atoms with Crippen molar-refractivity contribution >= 4 is 16.0 Å². The Labute approximate surface area is 155 Å². The number of hydrogen-bond acceptors (Lipinski definition) is 4. The van der Waals surface area contributed by atoms with Crippen molar-refractivity contribution < 1.29 is 35.8 Å². The van der Waals surface area contributed by atoms with Crippen molar-refractivity contribution in [3.8, 4) is 5.75 Å². The first-order valence-corrected chi connectivity index (χ1v) is 9.60. The van der Waals surface area contributed by atoms with Crippen LogP contribution in [0.5, 0.6) is 5.75 Å². The Kier molecular flexibility index (Phi) is 7.19. The van der Waals surface area contributed by atoms with Gasteiger partial charge in [-0.3, -0.25) is 9.35 Å². The molecule has 1 aromatic heterocycles. The van der Waals surface area contributed by atoms with Crippen molar-refractivity contribution in [2.45, 2.75) is 26.1 Å². The molecule has 0 aliphatic rings. The molecule has 1 amide bonds. The summed E-state index contributed by atoms with van der Waals surface area (Å²) in [7, 11) is -3.99.